The quantitative estimate of drug-likeness (QED) is 0.524. The molecule has 0 aliphatic heterocycles. The van der Waals surface area contributed by atoms with Crippen molar-refractivity contribution in [3.8, 4) is 11.3 Å². The number of rotatable bonds is 4. The van der Waals surface area contributed by atoms with Gasteiger partial charge in [-0.25, -0.2) is 0 Å². The second-order valence-corrected chi connectivity index (χ2v) is 8.07. The number of aromatic nitrogens is 1. The van der Waals surface area contributed by atoms with E-state index in [1.165, 1.54) is 29.7 Å². The van der Waals surface area contributed by atoms with Gasteiger partial charge in [0.2, 0.25) is 11.0 Å². The molecule has 0 fully saturated rings. The van der Waals surface area contributed by atoms with Gasteiger partial charge in [0, 0.05) is 16.8 Å². The normalized spacial score (nSPS) is 11.6. The summed E-state index contributed by atoms with van der Waals surface area (Å²) in [6.45, 7) is 21.7. The molecule has 0 aliphatic carbocycles. The standard InChI is InChI=1S/C22H28N.2C3H8/c1-7-9-12-18-15-16-21(23(6)17(18)3)19-13-10-11-14-20(19)22(4,5)8-2;2*1-3-2/h7,9-16H,3,8H2,1-2,4-6H3;2*3H2,1-2H3/q+1;;/b9-7-,18-12-;;. The molecule has 2 rings (SSSR count). The Morgan fingerprint density at radius 2 is 1.48 bits per heavy atom. The van der Waals surface area contributed by atoms with Crippen molar-refractivity contribution in [2.75, 3.05) is 0 Å². The summed E-state index contributed by atoms with van der Waals surface area (Å²) in [4.78, 5) is 0. The lowest BCUT2D eigenvalue weighted by atomic mass is 9.79. The summed E-state index contributed by atoms with van der Waals surface area (Å²) in [5.74, 6) is 0. The molecule has 0 radical (unpaired) electrons. The van der Waals surface area contributed by atoms with E-state index in [0.717, 1.165) is 17.0 Å². The molecule has 1 aromatic carbocycles. The van der Waals surface area contributed by atoms with Crippen LogP contribution in [0.1, 0.15) is 80.2 Å². The van der Waals surface area contributed by atoms with Crippen LogP contribution in [0.25, 0.3) is 23.9 Å². The van der Waals surface area contributed by atoms with Crippen LogP contribution in [0.5, 0.6) is 0 Å². The van der Waals surface area contributed by atoms with Crippen LogP contribution in [0.3, 0.4) is 0 Å². The van der Waals surface area contributed by atoms with E-state index in [1.54, 1.807) is 0 Å². The van der Waals surface area contributed by atoms with Gasteiger partial charge in [0.05, 0.1) is 0 Å². The first kappa shape index (κ1) is 26.9. The van der Waals surface area contributed by atoms with Gasteiger partial charge in [-0.3, -0.25) is 0 Å². The molecule has 0 atom stereocenters. The lowest BCUT2D eigenvalue weighted by Gasteiger charge is -2.25. The van der Waals surface area contributed by atoms with Gasteiger partial charge in [0.1, 0.15) is 7.05 Å². The van der Waals surface area contributed by atoms with E-state index in [9.17, 15) is 0 Å². The van der Waals surface area contributed by atoms with Crippen molar-refractivity contribution in [3.05, 3.63) is 64.7 Å². The number of hydrogen-bond acceptors (Lipinski definition) is 0. The highest BCUT2D eigenvalue weighted by molar-refractivity contribution is 5.63. The highest BCUT2D eigenvalue weighted by atomic mass is 14.9. The Morgan fingerprint density at radius 1 is 0.931 bits per heavy atom. The SMILES string of the molecule is C=c1/c(=C\C=C/C)ccc(-c2ccccc2C(C)(C)CC)[n+]1C.CCC.CCC. The Kier molecular flexibility index (Phi) is 12.9. The van der Waals surface area contributed by atoms with Crippen molar-refractivity contribution in [2.24, 2.45) is 7.05 Å². The molecular weight excluding hydrogens is 350 g/mol. The van der Waals surface area contributed by atoms with Crippen molar-refractivity contribution in [3.63, 3.8) is 0 Å². The third-order valence-corrected chi connectivity index (χ3v) is 4.80. The first-order chi connectivity index (χ1) is 13.7. The Hall–Kier alpha value is -2.15. The maximum atomic E-state index is 4.27. The van der Waals surface area contributed by atoms with Crippen LogP contribution < -0.4 is 15.1 Å². The monoisotopic (exact) mass is 394 g/mol. The van der Waals surface area contributed by atoms with E-state index in [2.05, 4.69) is 115 Å². The van der Waals surface area contributed by atoms with Crippen LogP contribution in [0.15, 0.2) is 48.6 Å². The Labute approximate surface area is 180 Å². The second-order valence-electron chi connectivity index (χ2n) is 8.07. The van der Waals surface area contributed by atoms with Gasteiger partial charge in [0.15, 0.2) is 0 Å². The molecule has 1 nitrogen and oxygen atoms in total. The molecule has 1 heteroatoms. The molecule has 2 aromatic rings. The molecule has 0 saturated heterocycles. The van der Waals surface area contributed by atoms with E-state index in [0.29, 0.717) is 0 Å². The maximum Gasteiger partial charge on any atom is 0.213 e. The minimum Gasteiger partial charge on any atom is -0.195 e. The lowest BCUT2D eigenvalue weighted by Crippen LogP contribution is -2.55. The number of benzene rings is 1. The zero-order valence-electron chi connectivity index (χ0n) is 20.5. The van der Waals surface area contributed by atoms with Gasteiger partial charge in [-0.05, 0) is 49.1 Å². The largest absolute Gasteiger partial charge is 0.213 e. The molecule has 0 saturated carbocycles. The number of hydrogen-bond donors (Lipinski definition) is 0. The Balaban J connectivity index is 0.00000116. The molecule has 0 aliphatic rings. The van der Waals surface area contributed by atoms with Crippen molar-refractivity contribution >= 4 is 12.7 Å². The fourth-order valence-corrected chi connectivity index (χ4v) is 2.82. The summed E-state index contributed by atoms with van der Waals surface area (Å²) in [6.07, 6.45) is 9.80. The van der Waals surface area contributed by atoms with Crippen LogP contribution in [0.2, 0.25) is 0 Å². The maximum absolute atomic E-state index is 4.27. The zero-order chi connectivity index (χ0) is 22.4. The van der Waals surface area contributed by atoms with E-state index in [-0.39, 0.29) is 5.41 Å². The third-order valence-electron chi connectivity index (χ3n) is 4.80. The smallest absolute Gasteiger partial charge is 0.195 e. The fourth-order valence-electron chi connectivity index (χ4n) is 2.82. The number of nitrogens with zero attached hydrogens (tertiary/aromatic N) is 1. The van der Waals surface area contributed by atoms with Crippen molar-refractivity contribution < 1.29 is 4.57 Å². The summed E-state index contributed by atoms with van der Waals surface area (Å²) in [5.41, 5.74) is 4.05. The summed E-state index contributed by atoms with van der Waals surface area (Å²) < 4.78 is 2.19. The second kappa shape index (κ2) is 13.9. The van der Waals surface area contributed by atoms with E-state index in [1.807, 2.05) is 13.0 Å². The van der Waals surface area contributed by atoms with Crippen LogP contribution >= 0.6 is 0 Å². The van der Waals surface area contributed by atoms with E-state index < -0.39 is 0 Å². The molecule has 1 heterocycles. The van der Waals surface area contributed by atoms with Gasteiger partial charge < -0.3 is 0 Å². The Morgan fingerprint density at radius 3 is 2.00 bits per heavy atom. The molecule has 0 unspecified atom stereocenters. The van der Waals surface area contributed by atoms with E-state index >= 15 is 0 Å². The average Bonchev–Trinajstić information content (AvgIpc) is 2.70. The van der Waals surface area contributed by atoms with Gasteiger partial charge in [-0.1, -0.05) is 91.7 Å². The minimum atomic E-state index is 0.153. The summed E-state index contributed by atoms with van der Waals surface area (Å²) in [5, 5.41) is 2.19. The van der Waals surface area contributed by atoms with Gasteiger partial charge in [-0.2, -0.15) is 4.57 Å². The molecule has 160 valence electrons. The molecule has 0 N–H and O–H groups in total. The van der Waals surface area contributed by atoms with Gasteiger partial charge >= 0.3 is 0 Å². The highest BCUT2D eigenvalue weighted by Crippen LogP contribution is 2.33. The first-order valence-electron chi connectivity index (χ1n) is 11.2. The topological polar surface area (TPSA) is 3.88 Å². The summed E-state index contributed by atoms with van der Waals surface area (Å²) >= 11 is 0. The number of pyridine rings is 1. The third kappa shape index (κ3) is 8.01. The van der Waals surface area contributed by atoms with Crippen LogP contribution in [-0.4, -0.2) is 0 Å². The first-order valence-corrected chi connectivity index (χ1v) is 11.2. The lowest BCUT2D eigenvalue weighted by molar-refractivity contribution is -0.674. The van der Waals surface area contributed by atoms with Crippen LogP contribution in [-0.2, 0) is 12.5 Å². The fraction of sp³-hybridized carbons (Fsp3) is 0.464. The van der Waals surface area contributed by atoms with Crippen LogP contribution in [0.4, 0.5) is 0 Å². The summed E-state index contributed by atoms with van der Waals surface area (Å²) in [7, 11) is 2.10. The molecule has 1 aromatic heterocycles. The van der Waals surface area contributed by atoms with Gasteiger partial charge in [-0.15, -0.1) is 0 Å². The molecule has 29 heavy (non-hydrogen) atoms. The minimum absolute atomic E-state index is 0.153. The van der Waals surface area contributed by atoms with Crippen LogP contribution in [0, 0.1) is 0 Å². The molecule has 0 amide bonds. The highest BCUT2D eigenvalue weighted by Gasteiger charge is 2.24. The van der Waals surface area contributed by atoms with Gasteiger partial charge in [0.25, 0.3) is 0 Å². The number of allylic oxidation sites excluding steroid dienone is 2. The molecule has 0 bridgehead atoms. The Bertz CT molecular complexity index is 854. The van der Waals surface area contributed by atoms with E-state index in [4.69, 9.17) is 0 Å². The molecular formula is C28H44N+. The zero-order valence-corrected chi connectivity index (χ0v) is 20.5. The molecule has 0 spiro atoms. The van der Waals surface area contributed by atoms with Crippen molar-refractivity contribution in [2.45, 2.75) is 80.1 Å². The predicted molar refractivity (Wildman–Crippen MR) is 132 cm³/mol. The van der Waals surface area contributed by atoms with Crippen molar-refractivity contribution in [1.29, 1.82) is 0 Å². The predicted octanol–water partition coefficient (Wildman–Crippen LogP) is 6.47. The average molecular weight is 395 g/mol. The summed E-state index contributed by atoms with van der Waals surface area (Å²) in [6, 6.07) is 13.1. The van der Waals surface area contributed by atoms with Crippen molar-refractivity contribution in [1.82, 2.24) is 0 Å².